The molecule has 2 aromatic rings. The molecule has 2 rings (SSSR count). The summed E-state index contributed by atoms with van der Waals surface area (Å²) in [6.45, 7) is 4.69. The Balaban J connectivity index is 2.20. The monoisotopic (exact) mass is 415 g/mol. The maximum absolute atomic E-state index is 12.6. The first kappa shape index (κ1) is 21.7. The molecule has 1 amide bonds. The van der Waals surface area contributed by atoms with E-state index in [2.05, 4.69) is 10.1 Å². The van der Waals surface area contributed by atoms with Crippen molar-refractivity contribution in [1.29, 1.82) is 0 Å². The number of carbonyl (C=O) groups is 1. The van der Waals surface area contributed by atoms with Crippen molar-refractivity contribution >= 4 is 15.7 Å². The molecule has 5 nitrogen and oxygen atoms in total. The van der Waals surface area contributed by atoms with Crippen molar-refractivity contribution < 1.29 is 31.1 Å². The molecule has 152 valence electrons. The van der Waals surface area contributed by atoms with Gasteiger partial charge in [-0.05, 0) is 50.6 Å². The van der Waals surface area contributed by atoms with Gasteiger partial charge in [-0.15, -0.1) is 13.2 Å². The van der Waals surface area contributed by atoms with Crippen LogP contribution < -0.4 is 10.1 Å². The van der Waals surface area contributed by atoms with Crippen LogP contribution in [-0.4, -0.2) is 25.9 Å². The van der Waals surface area contributed by atoms with Crippen molar-refractivity contribution in [2.75, 3.05) is 0 Å². The topological polar surface area (TPSA) is 72.5 Å². The van der Waals surface area contributed by atoms with Crippen molar-refractivity contribution in [3.05, 3.63) is 59.7 Å². The summed E-state index contributed by atoms with van der Waals surface area (Å²) in [5.74, 6) is -0.967. The number of carbonyl (C=O) groups excluding carboxylic acids is 1. The van der Waals surface area contributed by atoms with E-state index in [1.54, 1.807) is 13.0 Å². The highest BCUT2D eigenvalue weighted by atomic mass is 32.2. The normalized spacial score (nSPS) is 13.2. The number of hydrogen-bond donors (Lipinski definition) is 1. The number of alkyl halides is 3. The number of ether oxygens (including phenoxy) is 1. The van der Waals surface area contributed by atoms with Gasteiger partial charge < -0.3 is 10.1 Å². The molecule has 0 saturated heterocycles. The van der Waals surface area contributed by atoms with Gasteiger partial charge in [-0.2, -0.15) is 0 Å². The smallest absolute Gasteiger partial charge is 0.406 e. The second-order valence-electron chi connectivity index (χ2n) is 6.40. The number of hydrogen-bond acceptors (Lipinski definition) is 4. The second-order valence-corrected chi connectivity index (χ2v) is 8.87. The molecule has 0 aromatic heterocycles. The molecule has 1 atom stereocenters. The van der Waals surface area contributed by atoms with Gasteiger partial charge >= 0.3 is 6.36 Å². The van der Waals surface area contributed by atoms with Gasteiger partial charge in [0.25, 0.3) is 5.91 Å². The van der Waals surface area contributed by atoms with Crippen LogP contribution in [0.25, 0.3) is 0 Å². The van der Waals surface area contributed by atoms with Crippen LogP contribution in [0.5, 0.6) is 5.75 Å². The van der Waals surface area contributed by atoms with Gasteiger partial charge in [0.1, 0.15) is 5.75 Å². The molecule has 28 heavy (non-hydrogen) atoms. The molecule has 0 aliphatic rings. The van der Waals surface area contributed by atoms with Gasteiger partial charge in [-0.1, -0.05) is 24.3 Å². The maximum Gasteiger partial charge on any atom is 0.573 e. The van der Waals surface area contributed by atoms with E-state index in [9.17, 15) is 26.4 Å². The fourth-order valence-electron chi connectivity index (χ4n) is 2.47. The third-order valence-corrected chi connectivity index (χ3v) is 6.23. The molecule has 0 saturated carbocycles. The Morgan fingerprint density at radius 3 is 2.11 bits per heavy atom. The molecule has 0 bridgehead atoms. The third kappa shape index (κ3) is 5.25. The van der Waals surface area contributed by atoms with Crippen LogP contribution in [0.2, 0.25) is 0 Å². The zero-order valence-corrected chi connectivity index (χ0v) is 16.3. The fraction of sp³-hybridized carbons (Fsp3) is 0.316. The molecule has 0 radical (unpaired) electrons. The molecule has 1 N–H and O–H groups in total. The lowest BCUT2D eigenvalue weighted by Crippen LogP contribution is -2.29. The predicted molar refractivity (Wildman–Crippen MR) is 97.8 cm³/mol. The van der Waals surface area contributed by atoms with Crippen molar-refractivity contribution in [2.24, 2.45) is 0 Å². The molecule has 9 heteroatoms. The Bertz CT molecular complexity index is 938. The second kappa shape index (κ2) is 8.22. The highest BCUT2D eigenvalue weighted by Crippen LogP contribution is 2.25. The number of amides is 1. The lowest BCUT2D eigenvalue weighted by Gasteiger charge is -2.17. The quantitative estimate of drug-likeness (QED) is 0.765. The van der Waals surface area contributed by atoms with E-state index in [-0.39, 0.29) is 16.2 Å². The minimum Gasteiger partial charge on any atom is -0.406 e. The lowest BCUT2D eigenvalue weighted by molar-refractivity contribution is -0.274. The molecular formula is C19H20F3NO4S. The van der Waals surface area contributed by atoms with Gasteiger partial charge in [0.05, 0.1) is 21.8 Å². The molecule has 0 spiro atoms. The number of halogens is 3. The molecule has 0 aliphatic heterocycles. The van der Waals surface area contributed by atoms with Gasteiger partial charge in [-0.3, -0.25) is 4.79 Å². The Morgan fingerprint density at radius 2 is 1.57 bits per heavy atom. The molecule has 0 fully saturated rings. The summed E-state index contributed by atoms with van der Waals surface area (Å²) >= 11 is 0. The average Bonchev–Trinajstić information content (AvgIpc) is 2.60. The van der Waals surface area contributed by atoms with E-state index < -0.39 is 33.4 Å². The Hall–Kier alpha value is -2.55. The van der Waals surface area contributed by atoms with Crippen molar-refractivity contribution in [2.45, 2.75) is 43.3 Å². The van der Waals surface area contributed by atoms with E-state index >= 15 is 0 Å². The van der Waals surface area contributed by atoms with E-state index in [0.29, 0.717) is 5.56 Å². The van der Waals surface area contributed by atoms with Crippen LogP contribution in [0.3, 0.4) is 0 Å². The van der Waals surface area contributed by atoms with E-state index in [1.165, 1.54) is 44.2 Å². The first-order chi connectivity index (χ1) is 12.9. The summed E-state index contributed by atoms with van der Waals surface area (Å²) in [4.78, 5) is 12.6. The van der Waals surface area contributed by atoms with Crippen LogP contribution in [0.1, 0.15) is 42.7 Å². The average molecular weight is 415 g/mol. The minimum atomic E-state index is -4.78. The van der Waals surface area contributed by atoms with Crippen molar-refractivity contribution in [3.63, 3.8) is 0 Å². The molecule has 0 heterocycles. The minimum absolute atomic E-state index is 0.0140. The van der Waals surface area contributed by atoms with E-state index in [1.807, 2.05) is 0 Å². The first-order valence-corrected chi connectivity index (χ1v) is 9.96. The molecule has 2 aromatic carbocycles. The maximum atomic E-state index is 12.6. The molecule has 0 aliphatic carbocycles. The number of benzene rings is 2. The zero-order chi connectivity index (χ0) is 21.1. The first-order valence-electron chi connectivity index (χ1n) is 8.41. The number of rotatable bonds is 6. The molecule has 1 unspecified atom stereocenters. The van der Waals surface area contributed by atoms with Gasteiger partial charge in [-0.25, -0.2) is 8.42 Å². The predicted octanol–water partition coefficient (Wildman–Crippen LogP) is 4.26. The highest BCUT2D eigenvalue weighted by Gasteiger charge is 2.31. The largest absolute Gasteiger partial charge is 0.573 e. The summed E-state index contributed by atoms with van der Waals surface area (Å²) < 4.78 is 65.4. The van der Waals surface area contributed by atoms with Gasteiger partial charge in [0.15, 0.2) is 9.84 Å². The SMILES string of the molecule is CC(NC(=O)c1ccccc1S(=O)(=O)C(C)C)c1ccc(OC(F)(F)F)cc1. The standard InChI is InChI=1S/C19H20F3NO4S/c1-12(2)28(25,26)17-7-5-4-6-16(17)18(24)23-13(3)14-8-10-15(11-9-14)27-19(20,21)22/h4-13H,1-3H3,(H,23,24). The fourth-order valence-corrected chi connectivity index (χ4v) is 3.72. The highest BCUT2D eigenvalue weighted by molar-refractivity contribution is 7.92. The summed E-state index contributed by atoms with van der Waals surface area (Å²) in [6, 6.07) is 10.4. The van der Waals surface area contributed by atoms with E-state index in [4.69, 9.17) is 0 Å². The van der Waals surface area contributed by atoms with Gasteiger partial charge in [0.2, 0.25) is 0 Å². The lowest BCUT2D eigenvalue weighted by atomic mass is 10.1. The van der Waals surface area contributed by atoms with Crippen LogP contribution in [-0.2, 0) is 9.84 Å². The Labute approximate surface area is 161 Å². The van der Waals surface area contributed by atoms with Crippen LogP contribution >= 0.6 is 0 Å². The molecular weight excluding hydrogens is 395 g/mol. The van der Waals surface area contributed by atoms with Crippen LogP contribution in [0, 0.1) is 0 Å². The number of nitrogens with one attached hydrogen (secondary N) is 1. The van der Waals surface area contributed by atoms with E-state index in [0.717, 1.165) is 12.1 Å². The Morgan fingerprint density at radius 1 is 1.00 bits per heavy atom. The van der Waals surface area contributed by atoms with Crippen molar-refractivity contribution in [3.8, 4) is 5.75 Å². The van der Waals surface area contributed by atoms with Crippen LogP contribution in [0.4, 0.5) is 13.2 Å². The summed E-state index contributed by atoms with van der Waals surface area (Å²) in [6.07, 6.45) is -4.78. The van der Waals surface area contributed by atoms with Gasteiger partial charge in [0, 0.05) is 0 Å². The third-order valence-electron chi connectivity index (χ3n) is 4.02. The Kier molecular flexibility index (Phi) is 6.38. The summed E-state index contributed by atoms with van der Waals surface area (Å²) in [7, 11) is -3.66. The summed E-state index contributed by atoms with van der Waals surface area (Å²) in [5.41, 5.74) is 0.548. The summed E-state index contributed by atoms with van der Waals surface area (Å²) in [5, 5.41) is 1.97. The van der Waals surface area contributed by atoms with Crippen LogP contribution in [0.15, 0.2) is 53.4 Å². The van der Waals surface area contributed by atoms with Crippen molar-refractivity contribution in [1.82, 2.24) is 5.32 Å². The zero-order valence-electron chi connectivity index (χ0n) is 15.4. The number of sulfone groups is 1.